The van der Waals surface area contributed by atoms with Crippen LogP contribution in [0.4, 0.5) is 13.2 Å². The monoisotopic (exact) mass is 275 g/mol. The van der Waals surface area contributed by atoms with Crippen LogP contribution in [0, 0.1) is 0 Å². The molecule has 0 aliphatic carbocycles. The van der Waals surface area contributed by atoms with Crippen molar-refractivity contribution in [3.05, 3.63) is 35.4 Å². The van der Waals surface area contributed by atoms with Crippen LogP contribution in [0.2, 0.25) is 0 Å². The number of benzene rings is 1. The Morgan fingerprint density at radius 1 is 1.16 bits per heavy atom. The lowest BCUT2D eigenvalue weighted by Gasteiger charge is -2.28. The third-order valence-corrected chi connectivity index (χ3v) is 3.16. The van der Waals surface area contributed by atoms with Gasteiger partial charge in [0.2, 0.25) is 0 Å². The molecule has 1 aromatic carbocycles. The second kappa shape index (κ2) is 5.90. The van der Waals surface area contributed by atoms with Crippen LogP contribution >= 0.6 is 0 Å². The smallest absolute Gasteiger partial charge is 0.387 e. The lowest BCUT2D eigenvalue weighted by atomic mass is 10.1. The van der Waals surface area contributed by atoms with Gasteiger partial charge in [-0.15, -0.1) is 0 Å². The number of hydrogen-bond acceptors (Lipinski definition) is 3. The summed E-state index contributed by atoms with van der Waals surface area (Å²) in [5, 5.41) is 10.0. The summed E-state index contributed by atoms with van der Waals surface area (Å²) < 4.78 is 42.4. The predicted molar refractivity (Wildman–Crippen MR) is 63.7 cm³/mol. The summed E-state index contributed by atoms with van der Waals surface area (Å²) in [5.41, 5.74) is -0.200. The predicted octanol–water partition coefficient (Wildman–Crippen LogP) is 2.07. The van der Waals surface area contributed by atoms with Crippen molar-refractivity contribution in [2.75, 3.05) is 32.8 Å². The summed E-state index contributed by atoms with van der Waals surface area (Å²) in [6, 6.07) is 4.65. The molecule has 1 heterocycles. The van der Waals surface area contributed by atoms with Gasteiger partial charge in [-0.2, -0.15) is 13.2 Å². The molecule has 1 aromatic rings. The number of hydrogen-bond donors (Lipinski definition) is 1. The van der Waals surface area contributed by atoms with E-state index in [1.807, 2.05) is 4.90 Å². The number of halogens is 3. The fourth-order valence-electron chi connectivity index (χ4n) is 2.03. The van der Waals surface area contributed by atoms with Crippen molar-refractivity contribution in [1.29, 1.82) is 0 Å². The van der Waals surface area contributed by atoms with E-state index in [-0.39, 0.29) is 0 Å². The summed E-state index contributed by atoms with van der Waals surface area (Å²) in [4.78, 5) is 2.03. The number of β-amino-alcohol motifs (C(OH)–C–C–N with tert-alkyl or cyclic N) is 1. The molecule has 0 amide bonds. The van der Waals surface area contributed by atoms with Crippen molar-refractivity contribution < 1.29 is 23.0 Å². The molecule has 1 aliphatic heterocycles. The molecule has 0 radical (unpaired) electrons. The maximum Gasteiger partial charge on any atom is 0.416 e. The lowest BCUT2D eigenvalue weighted by Crippen LogP contribution is -2.38. The second-order valence-corrected chi connectivity index (χ2v) is 4.55. The average Bonchev–Trinajstić information content (AvgIpc) is 2.39. The molecule has 1 atom stereocenters. The van der Waals surface area contributed by atoms with Gasteiger partial charge in [-0.05, 0) is 17.7 Å². The van der Waals surface area contributed by atoms with Crippen molar-refractivity contribution in [3.8, 4) is 0 Å². The third kappa shape index (κ3) is 3.92. The molecule has 1 aliphatic rings. The normalized spacial score (nSPS) is 19.4. The zero-order valence-electron chi connectivity index (χ0n) is 10.4. The first-order chi connectivity index (χ1) is 8.97. The largest absolute Gasteiger partial charge is 0.416 e. The highest BCUT2D eigenvalue weighted by molar-refractivity contribution is 5.26. The van der Waals surface area contributed by atoms with Crippen LogP contribution in [0.3, 0.4) is 0 Å². The van der Waals surface area contributed by atoms with Gasteiger partial charge in [0.1, 0.15) is 0 Å². The molecule has 1 saturated heterocycles. The molecule has 2 rings (SSSR count). The van der Waals surface area contributed by atoms with Crippen LogP contribution in [-0.4, -0.2) is 42.9 Å². The van der Waals surface area contributed by atoms with E-state index in [2.05, 4.69) is 0 Å². The van der Waals surface area contributed by atoms with Crippen molar-refractivity contribution in [2.24, 2.45) is 0 Å². The topological polar surface area (TPSA) is 32.7 Å². The van der Waals surface area contributed by atoms with Gasteiger partial charge in [-0.25, -0.2) is 0 Å². The van der Waals surface area contributed by atoms with Gasteiger partial charge in [0.25, 0.3) is 0 Å². The molecule has 0 aromatic heterocycles. The van der Waals surface area contributed by atoms with Crippen molar-refractivity contribution in [1.82, 2.24) is 4.90 Å². The Bertz CT molecular complexity index is 399. The minimum absolute atomic E-state index is 0.411. The van der Waals surface area contributed by atoms with E-state index in [0.717, 1.165) is 25.2 Å². The summed E-state index contributed by atoms with van der Waals surface area (Å²) in [5.74, 6) is 0. The molecular weight excluding hydrogens is 259 g/mol. The number of rotatable bonds is 3. The number of morpholine rings is 1. The summed E-state index contributed by atoms with van der Waals surface area (Å²) >= 11 is 0. The van der Waals surface area contributed by atoms with E-state index in [9.17, 15) is 18.3 Å². The maximum absolute atomic E-state index is 12.4. The van der Waals surface area contributed by atoms with E-state index in [1.54, 1.807) is 0 Å². The van der Waals surface area contributed by atoms with Gasteiger partial charge in [0, 0.05) is 19.6 Å². The Kier molecular flexibility index (Phi) is 4.44. The molecule has 1 N–H and O–H groups in total. The molecule has 106 valence electrons. The number of ether oxygens (including phenoxy) is 1. The SMILES string of the molecule is OC(CN1CCOCC1)c1ccc(C(F)(F)F)cc1. The fourth-order valence-corrected chi connectivity index (χ4v) is 2.03. The third-order valence-electron chi connectivity index (χ3n) is 3.16. The first-order valence-electron chi connectivity index (χ1n) is 6.12. The number of aliphatic hydroxyl groups excluding tert-OH is 1. The van der Waals surface area contributed by atoms with Crippen LogP contribution in [0.1, 0.15) is 17.2 Å². The first-order valence-corrected chi connectivity index (χ1v) is 6.12. The number of alkyl halides is 3. The summed E-state index contributed by atoms with van der Waals surface area (Å²) in [6.45, 7) is 3.13. The van der Waals surface area contributed by atoms with E-state index in [4.69, 9.17) is 4.74 Å². The van der Waals surface area contributed by atoms with Gasteiger partial charge < -0.3 is 9.84 Å². The van der Waals surface area contributed by atoms with Crippen LogP contribution in [-0.2, 0) is 10.9 Å². The Morgan fingerprint density at radius 2 is 1.74 bits per heavy atom. The highest BCUT2D eigenvalue weighted by Gasteiger charge is 2.30. The van der Waals surface area contributed by atoms with Crippen molar-refractivity contribution in [3.63, 3.8) is 0 Å². The van der Waals surface area contributed by atoms with Gasteiger partial charge >= 0.3 is 6.18 Å². The zero-order valence-corrected chi connectivity index (χ0v) is 10.4. The van der Waals surface area contributed by atoms with Crippen molar-refractivity contribution >= 4 is 0 Å². The fraction of sp³-hybridized carbons (Fsp3) is 0.538. The average molecular weight is 275 g/mol. The van der Waals surface area contributed by atoms with Crippen molar-refractivity contribution in [2.45, 2.75) is 12.3 Å². The minimum atomic E-state index is -4.34. The quantitative estimate of drug-likeness (QED) is 0.916. The Balaban J connectivity index is 1.97. The molecule has 0 bridgehead atoms. The zero-order chi connectivity index (χ0) is 13.9. The Morgan fingerprint density at radius 3 is 2.26 bits per heavy atom. The summed E-state index contributed by atoms with van der Waals surface area (Å²) in [7, 11) is 0. The molecule has 0 spiro atoms. The molecule has 0 saturated carbocycles. The van der Waals surface area contributed by atoms with Crippen LogP contribution in [0.15, 0.2) is 24.3 Å². The Labute approximate surface area is 109 Å². The van der Waals surface area contributed by atoms with E-state index in [0.29, 0.717) is 25.3 Å². The molecule has 1 unspecified atom stereocenters. The van der Waals surface area contributed by atoms with E-state index >= 15 is 0 Å². The van der Waals surface area contributed by atoms with Crippen LogP contribution in [0.5, 0.6) is 0 Å². The van der Waals surface area contributed by atoms with E-state index in [1.165, 1.54) is 12.1 Å². The number of nitrogens with zero attached hydrogens (tertiary/aromatic N) is 1. The lowest BCUT2D eigenvalue weighted by molar-refractivity contribution is -0.137. The van der Waals surface area contributed by atoms with Gasteiger partial charge in [0.05, 0.1) is 24.9 Å². The molecule has 3 nitrogen and oxygen atoms in total. The molecule has 6 heteroatoms. The van der Waals surface area contributed by atoms with Gasteiger partial charge in [-0.3, -0.25) is 4.90 Å². The van der Waals surface area contributed by atoms with Crippen LogP contribution < -0.4 is 0 Å². The molecular formula is C13H16F3NO2. The highest BCUT2D eigenvalue weighted by Crippen LogP contribution is 2.30. The highest BCUT2D eigenvalue weighted by atomic mass is 19.4. The molecule has 1 fully saturated rings. The minimum Gasteiger partial charge on any atom is -0.387 e. The second-order valence-electron chi connectivity index (χ2n) is 4.55. The molecule has 19 heavy (non-hydrogen) atoms. The maximum atomic E-state index is 12.4. The first kappa shape index (κ1) is 14.3. The van der Waals surface area contributed by atoms with E-state index < -0.39 is 17.8 Å². The number of aliphatic hydroxyl groups is 1. The summed E-state index contributed by atoms with van der Waals surface area (Å²) in [6.07, 6.45) is -5.12. The van der Waals surface area contributed by atoms with Crippen LogP contribution in [0.25, 0.3) is 0 Å². The van der Waals surface area contributed by atoms with Gasteiger partial charge in [-0.1, -0.05) is 12.1 Å². The van der Waals surface area contributed by atoms with Gasteiger partial charge in [0.15, 0.2) is 0 Å². The standard InChI is InChI=1S/C13H16F3NO2/c14-13(15,16)11-3-1-10(2-4-11)12(18)9-17-5-7-19-8-6-17/h1-4,12,18H,5-9H2. The Hall–Kier alpha value is -1.11.